The van der Waals surface area contributed by atoms with Crippen molar-refractivity contribution in [2.75, 3.05) is 31.1 Å². The molecule has 8 nitrogen and oxygen atoms in total. The lowest BCUT2D eigenvalue weighted by Gasteiger charge is -2.32. The van der Waals surface area contributed by atoms with Crippen molar-refractivity contribution in [3.8, 4) is 5.88 Å². The van der Waals surface area contributed by atoms with Gasteiger partial charge >= 0.3 is 6.18 Å². The number of hydrogen-bond donors (Lipinski definition) is 1. The highest BCUT2D eigenvalue weighted by molar-refractivity contribution is 6.33. The average Bonchev–Trinajstić information content (AvgIpc) is 3.27. The van der Waals surface area contributed by atoms with Gasteiger partial charge in [0.05, 0.1) is 10.7 Å². The lowest BCUT2D eigenvalue weighted by molar-refractivity contribution is -0.141. The molecule has 0 saturated carbocycles. The van der Waals surface area contributed by atoms with Gasteiger partial charge in [0.1, 0.15) is 0 Å². The molecule has 1 fully saturated rings. The van der Waals surface area contributed by atoms with E-state index in [4.69, 9.17) is 16.3 Å². The predicted molar refractivity (Wildman–Crippen MR) is 120 cm³/mol. The number of nitrogens with zero attached hydrogens (tertiary/aromatic N) is 5. The molecule has 0 spiro atoms. The number of alkyl halides is 3. The molecule has 1 aliphatic heterocycles. The molecule has 1 atom stereocenters. The van der Waals surface area contributed by atoms with Crippen LogP contribution in [0.1, 0.15) is 31.4 Å². The first-order chi connectivity index (χ1) is 16.3. The van der Waals surface area contributed by atoms with Crippen LogP contribution in [0.25, 0.3) is 5.70 Å². The number of halogens is 4. The molecular formula is C22H24ClF3N6O2. The average molecular weight is 497 g/mol. The number of piperidine rings is 1. The van der Waals surface area contributed by atoms with Gasteiger partial charge < -0.3 is 15.0 Å². The molecule has 1 saturated heterocycles. The molecule has 12 heteroatoms. The third kappa shape index (κ3) is 5.88. The van der Waals surface area contributed by atoms with Crippen molar-refractivity contribution in [2.45, 2.75) is 31.9 Å². The fourth-order valence-electron chi connectivity index (χ4n) is 3.94. The number of nitrogens with one attached hydrogen (secondary N) is 1. The van der Waals surface area contributed by atoms with Crippen LogP contribution < -0.4 is 15.0 Å². The van der Waals surface area contributed by atoms with Crippen molar-refractivity contribution in [1.82, 2.24) is 25.1 Å². The van der Waals surface area contributed by atoms with Gasteiger partial charge in [-0.15, -0.1) is 0 Å². The van der Waals surface area contributed by atoms with E-state index in [2.05, 4.69) is 25.3 Å². The summed E-state index contributed by atoms with van der Waals surface area (Å²) in [4.78, 5) is 23.0. The minimum atomic E-state index is -4.65. The second-order valence-corrected chi connectivity index (χ2v) is 8.52. The van der Waals surface area contributed by atoms with Crippen LogP contribution in [0.4, 0.5) is 19.1 Å². The van der Waals surface area contributed by atoms with Crippen LogP contribution in [-0.4, -0.2) is 51.9 Å². The SMILES string of the molecule is O=C(COc1cc(C(F)(F)F)nn1C1=C(Cl)C=CCC1)NCC1CCCN(c2ncccn2)C1. The summed E-state index contributed by atoms with van der Waals surface area (Å²) >= 11 is 6.17. The Kier molecular flexibility index (Phi) is 7.40. The molecule has 1 N–H and O–H groups in total. The lowest BCUT2D eigenvalue weighted by atomic mass is 9.98. The van der Waals surface area contributed by atoms with E-state index < -0.39 is 24.4 Å². The van der Waals surface area contributed by atoms with Crippen molar-refractivity contribution in [1.29, 1.82) is 0 Å². The summed E-state index contributed by atoms with van der Waals surface area (Å²) in [5.74, 6) is 0.233. The molecule has 4 rings (SSSR count). The monoisotopic (exact) mass is 496 g/mol. The second kappa shape index (κ2) is 10.5. The molecular weight excluding hydrogens is 473 g/mol. The largest absolute Gasteiger partial charge is 0.467 e. The first kappa shape index (κ1) is 24.1. The van der Waals surface area contributed by atoms with Crippen LogP contribution in [-0.2, 0) is 11.0 Å². The molecule has 0 bridgehead atoms. The van der Waals surface area contributed by atoms with Crippen molar-refractivity contribution < 1.29 is 22.7 Å². The number of amides is 1. The van der Waals surface area contributed by atoms with Gasteiger partial charge in [0, 0.05) is 38.1 Å². The number of aromatic nitrogens is 4. The van der Waals surface area contributed by atoms with Gasteiger partial charge in [-0.3, -0.25) is 4.79 Å². The number of carbonyl (C=O) groups excluding carboxylic acids is 1. The minimum absolute atomic E-state index is 0.184. The van der Waals surface area contributed by atoms with E-state index in [0.717, 1.165) is 30.1 Å². The van der Waals surface area contributed by atoms with E-state index in [1.807, 2.05) is 6.08 Å². The third-order valence-corrected chi connectivity index (χ3v) is 5.95. The Balaban J connectivity index is 1.35. The maximum absolute atomic E-state index is 13.2. The van der Waals surface area contributed by atoms with Crippen molar-refractivity contribution >= 4 is 29.2 Å². The molecule has 1 aliphatic carbocycles. The van der Waals surface area contributed by atoms with Gasteiger partial charge in [0.15, 0.2) is 12.3 Å². The fraction of sp³-hybridized carbons (Fsp3) is 0.455. The van der Waals surface area contributed by atoms with Gasteiger partial charge in [0.25, 0.3) is 5.91 Å². The van der Waals surface area contributed by atoms with Gasteiger partial charge in [0.2, 0.25) is 11.8 Å². The van der Waals surface area contributed by atoms with E-state index in [1.54, 1.807) is 24.5 Å². The number of hydrogen-bond acceptors (Lipinski definition) is 6. The Morgan fingerprint density at radius 3 is 2.82 bits per heavy atom. The summed E-state index contributed by atoms with van der Waals surface area (Å²) in [6.07, 6.45) is 5.05. The van der Waals surface area contributed by atoms with E-state index in [-0.39, 0.29) is 16.8 Å². The van der Waals surface area contributed by atoms with Crippen molar-refractivity contribution in [3.63, 3.8) is 0 Å². The highest BCUT2D eigenvalue weighted by atomic mass is 35.5. The van der Waals surface area contributed by atoms with Crippen molar-refractivity contribution in [2.24, 2.45) is 5.92 Å². The molecule has 0 radical (unpaired) electrons. The van der Waals surface area contributed by atoms with Crippen LogP contribution in [0.2, 0.25) is 0 Å². The first-order valence-corrected chi connectivity index (χ1v) is 11.3. The zero-order valence-electron chi connectivity index (χ0n) is 18.3. The smallest absolute Gasteiger partial charge is 0.435 e. The molecule has 3 heterocycles. The molecule has 2 aromatic rings. The number of anilines is 1. The quantitative estimate of drug-likeness (QED) is 0.626. The highest BCUT2D eigenvalue weighted by Crippen LogP contribution is 2.35. The maximum Gasteiger partial charge on any atom is 0.435 e. The Morgan fingerprint density at radius 2 is 2.09 bits per heavy atom. The first-order valence-electron chi connectivity index (χ1n) is 11.0. The Hall–Kier alpha value is -3.08. The minimum Gasteiger partial charge on any atom is -0.467 e. The highest BCUT2D eigenvalue weighted by Gasteiger charge is 2.36. The van der Waals surface area contributed by atoms with Crippen molar-refractivity contribution in [3.05, 3.63) is 47.4 Å². The Bertz CT molecular complexity index is 1070. The molecule has 2 aromatic heterocycles. The van der Waals surface area contributed by atoms with Crippen LogP contribution in [0.5, 0.6) is 5.88 Å². The summed E-state index contributed by atoms with van der Waals surface area (Å²) in [6, 6.07) is 2.53. The molecule has 0 aromatic carbocycles. The number of allylic oxidation sites excluding steroid dienone is 4. The predicted octanol–water partition coefficient (Wildman–Crippen LogP) is 3.86. The van der Waals surface area contributed by atoms with Gasteiger partial charge in [-0.05, 0) is 43.7 Å². The summed E-state index contributed by atoms with van der Waals surface area (Å²) in [5.41, 5.74) is -0.722. The molecule has 1 amide bonds. The van der Waals surface area contributed by atoms with Crippen LogP contribution >= 0.6 is 11.6 Å². The fourth-order valence-corrected chi connectivity index (χ4v) is 4.21. The zero-order valence-corrected chi connectivity index (χ0v) is 19.0. The van der Waals surface area contributed by atoms with E-state index in [1.165, 1.54) is 0 Å². The Morgan fingerprint density at radius 1 is 1.29 bits per heavy atom. The zero-order chi connectivity index (χ0) is 24.1. The van der Waals surface area contributed by atoms with Gasteiger partial charge in [-0.2, -0.15) is 18.3 Å². The standard InChI is InChI=1S/C22H24ClF3N6O2/c23-16-6-1-2-7-17(16)32-20(11-18(30-32)22(24,25)26)34-14-19(33)29-12-15-5-3-10-31(13-15)21-27-8-4-9-28-21/h1,4,6,8-9,11,15H,2-3,5,7,10,12-14H2,(H,29,33). The van der Waals surface area contributed by atoms with Gasteiger partial charge in [-0.25, -0.2) is 14.6 Å². The normalized spacial score (nSPS) is 18.8. The summed E-state index contributed by atoms with van der Waals surface area (Å²) in [7, 11) is 0. The topological polar surface area (TPSA) is 85.2 Å². The van der Waals surface area contributed by atoms with Crippen LogP contribution in [0.15, 0.2) is 41.7 Å². The van der Waals surface area contributed by atoms with E-state index in [9.17, 15) is 18.0 Å². The van der Waals surface area contributed by atoms with Crippen LogP contribution in [0.3, 0.4) is 0 Å². The van der Waals surface area contributed by atoms with E-state index in [0.29, 0.717) is 37.6 Å². The van der Waals surface area contributed by atoms with Crippen LogP contribution in [0, 0.1) is 5.92 Å². The van der Waals surface area contributed by atoms with E-state index >= 15 is 0 Å². The summed E-state index contributed by atoms with van der Waals surface area (Å²) < 4.78 is 46.2. The number of carbonyl (C=O) groups is 1. The number of ether oxygens (including phenoxy) is 1. The Labute approximate surface area is 199 Å². The second-order valence-electron chi connectivity index (χ2n) is 8.11. The molecule has 34 heavy (non-hydrogen) atoms. The summed E-state index contributed by atoms with van der Waals surface area (Å²) in [5, 5.41) is 6.72. The van der Waals surface area contributed by atoms with Gasteiger partial charge in [-0.1, -0.05) is 17.7 Å². The molecule has 1 unspecified atom stereocenters. The molecule has 182 valence electrons. The third-order valence-electron chi connectivity index (χ3n) is 5.60. The maximum atomic E-state index is 13.2. The lowest BCUT2D eigenvalue weighted by Crippen LogP contribution is -2.42. The summed E-state index contributed by atoms with van der Waals surface area (Å²) in [6.45, 7) is 1.52. The molecule has 2 aliphatic rings. The number of rotatable bonds is 7.